The Kier molecular flexibility index (Phi) is 4.76. The summed E-state index contributed by atoms with van der Waals surface area (Å²) >= 11 is 0. The Morgan fingerprint density at radius 2 is 1.84 bits per heavy atom. The van der Waals surface area contributed by atoms with Crippen LogP contribution in [0.5, 0.6) is 0 Å². The maximum absolute atomic E-state index is 13.2. The minimum atomic E-state index is -4.57. The zero-order valence-electron chi connectivity index (χ0n) is 10.9. The molecule has 0 aromatic heterocycles. The van der Waals surface area contributed by atoms with Crippen LogP contribution < -0.4 is 0 Å². The molecule has 0 bridgehead atoms. The predicted octanol–water partition coefficient (Wildman–Crippen LogP) is 3.50. The van der Waals surface area contributed by atoms with E-state index in [1.165, 1.54) is 31.2 Å². The average molecular weight is 274 g/mol. The summed E-state index contributed by atoms with van der Waals surface area (Å²) in [6.07, 6.45) is -3.99. The molecule has 5 heteroatoms. The van der Waals surface area contributed by atoms with Crippen molar-refractivity contribution in [2.75, 3.05) is 6.61 Å². The van der Waals surface area contributed by atoms with Gasteiger partial charge in [-0.3, -0.25) is 0 Å². The maximum atomic E-state index is 13.2. The first kappa shape index (κ1) is 15.7. The topological polar surface area (TPSA) is 29.5 Å². The van der Waals surface area contributed by atoms with Crippen LogP contribution in [0.3, 0.4) is 0 Å². The van der Waals surface area contributed by atoms with Gasteiger partial charge in [0.1, 0.15) is 0 Å². The first-order valence-corrected chi connectivity index (χ1v) is 5.82. The molecular formula is C14H17F3O2. The number of aliphatic hydroxyl groups is 1. The summed E-state index contributed by atoms with van der Waals surface area (Å²) in [5, 5.41) is 9.10. The van der Waals surface area contributed by atoms with Gasteiger partial charge in [0.25, 0.3) is 0 Å². The fourth-order valence-corrected chi connectivity index (χ4v) is 1.55. The third-order valence-electron chi connectivity index (χ3n) is 2.85. The predicted molar refractivity (Wildman–Crippen MR) is 67.6 cm³/mol. The summed E-state index contributed by atoms with van der Waals surface area (Å²) in [6, 6.07) is 5.79. The fraction of sp³-hybridized carbons (Fsp3) is 0.429. The van der Waals surface area contributed by atoms with Crippen molar-refractivity contribution >= 4 is 6.08 Å². The third kappa shape index (κ3) is 3.58. The monoisotopic (exact) mass is 274 g/mol. The lowest BCUT2D eigenvalue weighted by Gasteiger charge is -2.33. The van der Waals surface area contributed by atoms with E-state index in [0.29, 0.717) is 0 Å². The summed E-state index contributed by atoms with van der Waals surface area (Å²) < 4.78 is 44.5. The molecule has 0 aliphatic rings. The highest BCUT2D eigenvalue weighted by Gasteiger charge is 2.53. The standard InChI is InChI=1S/C14H17F3O2/c1-4-11-5-7-12(8-6-11)13(3,14(15,16)17)19-9-10(2)18/h4-8,10,18H,1,9H2,2-3H3. The molecule has 0 spiro atoms. The second kappa shape index (κ2) is 5.75. The molecule has 0 radical (unpaired) electrons. The van der Waals surface area contributed by atoms with Crippen molar-refractivity contribution in [1.82, 2.24) is 0 Å². The van der Waals surface area contributed by atoms with E-state index in [1.54, 1.807) is 6.08 Å². The van der Waals surface area contributed by atoms with Crippen LogP contribution in [0.4, 0.5) is 13.2 Å². The molecule has 2 nitrogen and oxygen atoms in total. The number of halogens is 3. The van der Waals surface area contributed by atoms with Crippen molar-refractivity contribution in [2.24, 2.45) is 0 Å². The molecule has 0 heterocycles. The smallest absolute Gasteiger partial charge is 0.391 e. The molecule has 2 atom stereocenters. The average Bonchev–Trinajstić information content (AvgIpc) is 2.34. The number of rotatable bonds is 5. The van der Waals surface area contributed by atoms with E-state index in [4.69, 9.17) is 9.84 Å². The molecular weight excluding hydrogens is 257 g/mol. The second-order valence-corrected chi connectivity index (χ2v) is 4.52. The number of alkyl halides is 3. The Hall–Kier alpha value is -1.33. The van der Waals surface area contributed by atoms with E-state index in [0.717, 1.165) is 12.5 Å². The van der Waals surface area contributed by atoms with Crippen molar-refractivity contribution in [3.05, 3.63) is 42.0 Å². The summed E-state index contributed by atoms with van der Waals surface area (Å²) in [5.41, 5.74) is -1.72. The lowest BCUT2D eigenvalue weighted by Crippen LogP contribution is -2.43. The van der Waals surface area contributed by atoms with Crippen LogP contribution in [0.2, 0.25) is 0 Å². The molecule has 0 saturated carbocycles. The zero-order chi connectivity index (χ0) is 14.7. The summed E-state index contributed by atoms with van der Waals surface area (Å²) in [6.45, 7) is 5.48. The number of hydrogen-bond donors (Lipinski definition) is 1. The molecule has 19 heavy (non-hydrogen) atoms. The van der Waals surface area contributed by atoms with Crippen LogP contribution in [0.15, 0.2) is 30.8 Å². The van der Waals surface area contributed by atoms with Crippen LogP contribution in [-0.2, 0) is 10.3 Å². The Balaban J connectivity index is 3.11. The molecule has 0 saturated heterocycles. The van der Waals surface area contributed by atoms with Gasteiger partial charge in [0.15, 0.2) is 5.60 Å². The maximum Gasteiger partial charge on any atom is 0.421 e. The van der Waals surface area contributed by atoms with E-state index in [-0.39, 0.29) is 12.2 Å². The molecule has 0 aliphatic heterocycles. The van der Waals surface area contributed by atoms with E-state index >= 15 is 0 Å². The molecule has 106 valence electrons. The van der Waals surface area contributed by atoms with Gasteiger partial charge in [0.05, 0.1) is 12.7 Å². The summed E-state index contributed by atoms with van der Waals surface area (Å²) in [4.78, 5) is 0. The minimum absolute atomic E-state index is 0.00810. The highest BCUT2D eigenvalue weighted by atomic mass is 19.4. The molecule has 1 N–H and O–H groups in total. The first-order chi connectivity index (χ1) is 8.70. The number of hydrogen-bond acceptors (Lipinski definition) is 2. The highest BCUT2D eigenvalue weighted by molar-refractivity contribution is 5.47. The first-order valence-electron chi connectivity index (χ1n) is 5.82. The SMILES string of the molecule is C=Cc1ccc(C(C)(OCC(C)O)C(F)(F)F)cc1. The van der Waals surface area contributed by atoms with Gasteiger partial charge in [0, 0.05) is 0 Å². The van der Waals surface area contributed by atoms with Crippen molar-refractivity contribution in [2.45, 2.75) is 31.7 Å². The highest BCUT2D eigenvalue weighted by Crippen LogP contribution is 2.42. The largest absolute Gasteiger partial charge is 0.421 e. The van der Waals surface area contributed by atoms with Gasteiger partial charge in [-0.25, -0.2) is 0 Å². The van der Waals surface area contributed by atoms with E-state index in [1.807, 2.05) is 0 Å². The van der Waals surface area contributed by atoms with Crippen LogP contribution >= 0.6 is 0 Å². The van der Waals surface area contributed by atoms with Gasteiger partial charge in [-0.1, -0.05) is 36.9 Å². The van der Waals surface area contributed by atoms with Gasteiger partial charge < -0.3 is 9.84 Å². The molecule has 0 aliphatic carbocycles. The molecule has 1 aromatic carbocycles. The van der Waals surface area contributed by atoms with Crippen LogP contribution in [0, 0.1) is 0 Å². The summed E-state index contributed by atoms with van der Waals surface area (Å²) in [5.74, 6) is 0. The Morgan fingerprint density at radius 1 is 1.32 bits per heavy atom. The van der Waals surface area contributed by atoms with Gasteiger partial charge in [-0.15, -0.1) is 0 Å². The van der Waals surface area contributed by atoms with Crippen molar-refractivity contribution < 1.29 is 23.0 Å². The molecule has 0 fully saturated rings. The van der Waals surface area contributed by atoms with Gasteiger partial charge >= 0.3 is 6.18 Å². The van der Waals surface area contributed by atoms with Crippen LogP contribution in [-0.4, -0.2) is 24.0 Å². The quantitative estimate of drug-likeness (QED) is 0.890. The Labute approximate surface area is 110 Å². The van der Waals surface area contributed by atoms with Crippen LogP contribution in [0.1, 0.15) is 25.0 Å². The number of ether oxygens (including phenoxy) is 1. The molecule has 2 unspecified atom stereocenters. The third-order valence-corrected chi connectivity index (χ3v) is 2.85. The Morgan fingerprint density at radius 3 is 2.21 bits per heavy atom. The Bertz CT molecular complexity index is 423. The number of aliphatic hydroxyl groups excluding tert-OH is 1. The van der Waals surface area contributed by atoms with Crippen molar-refractivity contribution in [3.63, 3.8) is 0 Å². The van der Waals surface area contributed by atoms with Crippen molar-refractivity contribution in [3.8, 4) is 0 Å². The second-order valence-electron chi connectivity index (χ2n) is 4.52. The zero-order valence-corrected chi connectivity index (χ0v) is 10.9. The lowest BCUT2D eigenvalue weighted by atomic mass is 9.94. The normalized spacial score (nSPS) is 16.7. The molecule has 1 aromatic rings. The van der Waals surface area contributed by atoms with Crippen molar-refractivity contribution in [1.29, 1.82) is 0 Å². The van der Waals surface area contributed by atoms with E-state index in [2.05, 4.69) is 6.58 Å². The van der Waals surface area contributed by atoms with Gasteiger partial charge in [-0.05, 0) is 25.0 Å². The fourth-order valence-electron chi connectivity index (χ4n) is 1.55. The van der Waals surface area contributed by atoms with Crippen LogP contribution in [0.25, 0.3) is 6.08 Å². The van der Waals surface area contributed by atoms with Gasteiger partial charge in [-0.2, -0.15) is 13.2 Å². The number of benzene rings is 1. The molecule has 1 rings (SSSR count). The lowest BCUT2D eigenvalue weighted by molar-refractivity contribution is -0.282. The van der Waals surface area contributed by atoms with Gasteiger partial charge in [0.2, 0.25) is 0 Å². The summed E-state index contributed by atoms with van der Waals surface area (Å²) in [7, 11) is 0. The molecule has 0 amide bonds. The van der Waals surface area contributed by atoms with E-state index in [9.17, 15) is 13.2 Å². The minimum Gasteiger partial charge on any atom is -0.391 e. The van der Waals surface area contributed by atoms with E-state index < -0.39 is 17.9 Å².